The van der Waals surface area contributed by atoms with Gasteiger partial charge in [0.05, 0.1) is 0 Å². The van der Waals surface area contributed by atoms with Crippen LogP contribution in [0.1, 0.15) is 24.0 Å². The summed E-state index contributed by atoms with van der Waals surface area (Å²) < 4.78 is 0. The molecule has 1 unspecified atom stereocenters. The van der Waals surface area contributed by atoms with Crippen molar-refractivity contribution in [3.63, 3.8) is 0 Å². The summed E-state index contributed by atoms with van der Waals surface area (Å²) in [6.45, 7) is 1.10. The molecule has 106 valence electrons. The van der Waals surface area contributed by atoms with Crippen LogP contribution in [0, 0.1) is 5.92 Å². The summed E-state index contributed by atoms with van der Waals surface area (Å²) in [6.07, 6.45) is 4.94. The van der Waals surface area contributed by atoms with Crippen molar-refractivity contribution in [2.24, 2.45) is 5.92 Å². The second kappa shape index (κ2) is 6.75. The maximum Gasteiger partial charge on any atom is 0.0408 e. The maximum absolute atomic E-state index is 6.09. The summed E-state index contributed by atoms with van der Waals surface area (Å²) in [5.41, 5.74) is 2.80. The van der Waals surface area contributed by atoms with Gasteiger partial charge in [0.2, 0.25) is 0 Å². The maximum atomic E-state index is 6.09. The fourth-order valence-corrected chi connectivity index (χ4v) is 3.47. The van der Waals surface area contributed by atoms with Crippen LogP contribution in [0.15, 0.2) is 41.1 Å². The summed E-state index contributed by atoms with van der Waals surface area (Å²) in [6, 6.07) is 11.3. The average molecular weight is 306 g/mol. The van der Waals surface area contributed by atoms with E-state index in [-0.39, 0.29) is 0 Å². The monoisotopic (exact) mass is 305 g/mol. The number of nitrogens with one attached hydrogen (secondary N) is 1. The van der Waals surface area contributed by atoms with Crippen LogP contribution in [0.25, 0.3) is 0 Å². The minimum absolute atomic E-state index is 0.642. The molecule has 1 fully saturated rings. The zero-order valence-electron chi connectivity index (χ0n) is 11.5. The minimum atomic E-state index is 0.642. The van der Waals surface area contributed by atoms with E-state index >= 15 is 0 Å². The topological polar surface area (TPSA) is 12.0 Å². The van der Waals surface area contributed by atoms with Crippen molar-refractivity contribution in [2.45, 2.75) is 31.7 Å². The molecular weight excluding hydrogens is 286 g/mol. The molecule has 1 aliphatic carbocycles. The second-order valence-corrected chi connectivity index (χ2v) is 6.93. The van der Waals surface area contributed by atoms with Gasteiger partial charge < -0.3 is 5.32 Å². The fraction of sp³-hybridized carbons (Fsp3) is 0.412. The van der Waals surface area contributed by atoms with Crippen LogP contribution in [0.3, 0.4) is 0 Å². The highest BCUT2D eigenvalue weighted by molar-refractivity contribution is 7.07. The SMILES string of the molecule is Clc1cccc(CC(CNC2CC2)Cc2ccsc2)c1. The van der Waals surface area contributed by atoms with Crippen LogP contribution in [0.4, 0.5) is 0 Å². The second-order valence-electron chi connectivity index (χ2n) is 5.72. The van der Waals surface area contributed by atoms with Crippen molar-refractivity contribution in [3.05, 3.63) is 57.2 Å². The summed E-state index contributed by atoms with van der Waals surface area (Å²) in [5, 5.41) is 8.95. The van der Waals surface area contributed by atoms with Gasteiger partial charge in [0.1, 0.15) is 0 Å². The van der Waals surface area contributed by atoms with Gasteiger partial charge in [0.15, 0.2) is 0 Å². The highest BCUT2D eigenvalue weighted by atomic mass is 35.5. The Bertz CT molecular complexity index is 534. The Balaban J connectivity index is 1.63. The smallest absolute Gasteiger partial charge is 0.0408 e. The van der Waals surface area contributed by atoms with Gasteiger partial charge in [-0.15, -0.1) is 0 Å². The molecular formula is C17H20ClNS. The summed E-state index contributed by atoms with van der Waals surface area (Å²) in [5.74, 6) is 0.642. The number of benzene rings is 1. The molecule has 20 heavy (non-hydrogen) atoms. The van der Waals surface area contributed by atoms with Crippen LogP contribution in [0.5, 0.6) is 0 Å². The molecule has 1 aliphatic rings. The molecule has 0 amide bonds. The molecule has 1 heterocycles. The third-order valence-corrected chi connectivity index (χ3v) is 4.76. The summed E-state index contributed by atoms with van der Waals surface area (Å²) in [7, 11) is 0. The lowest BCUT2D eigenvalue weighted by Crippen LogP contribution is -2.27. The Labute approximate surface area is 130 Å². The van der Waals surface area contributed by atoms with Gasteiger partial charge in [-0.3, -0.25) is 0 Å². The van der Waals surface area contributed by atoms with E-state index in [1.165, 1.54) is 24.0 Å². The van der Waals surface area contributed by atoms with Gasteiger partial charge in [-0.05, 0) is 78.2 Å². The Morgan fingerprint density at radius 1 is 1.20 bits per heavy atom. The fourth-order valence-electron chi connectivity index (χ4n) is 2.58. The van der Waals surface area contributed by atoms with E-state index in [1.807, 2.05) is 12.1 Å². The Morgan fingerprint density at radius 3 is 2.75 bits per heavy atom. The van der Waals surface area contributed by atoms with Gasteiger partial charge in [-0.1, -0.05) is 23.7 Å². The lowest BCUT2D eigenvalue weighted by molar-refractivity contribution is 0.469. The number of hydrogen-bond acceptors (Lipinski definition) is 2. The molecule has 0 bridgehead atoms. The molecule has 1 aromatic carbocycles. The first-order chi connectivity index (χ1) is 9.79. The highest BCUT2D eigenvalue weighted by Gasteiger charge is 2.22. The molecule has 3 rings (SSSR count). The summed E-state index contributed by atoms with van der Waals surface area (Å²) in [4.78, 5) is 0. The zero-order valence-corrected chi connectivity index (χ0v) is 13.1. The van der Waals surface area contributed by atoms with Crippen LogP contribution in [-0.2, 0) is 12.8 Å². The van der Waals surface area contributed by atoms with Crippen molar-refractivity contribution in [2.75, 3.05) is 6.54 Å². The van der Waals surface area contributed by atoms with Crippen LogP contribution >= 0.6 is 22.9 Å². The van der Waals surface area contributed by atoms with Gasteiger partial charge in [-0.25, -0.2) is 0 Å². The third kappa shape index (κ3) is 4.34. The van der Waals surface area contributed by atoms with Gasteiger partial charge in [0, 0.05) is 11.1 Å². The average Bonchev–Trinajstić information content (AvgIpc) is 3.12. The van der Waals surface area contributed by atoms with Gasteiger partial charge in [-0.2, -0.15) is 11.3 Å². The van der Waals surface area contributed by atoms with E-state index < -0.39 is 0 Å². The van der Waals surface area contributed by atoms with Crippen molar-refractivity contribution in [3.8, 4) is 0 Å². The molecule has 0 saturated heterocycles. The largest absolute Gasteiger partial charge is 0.314 e. The zero-order chi connectivity index (χ0) is 13.8. The van der Waals surface area contributed by atoms with Crippen LogP contribution in [0.2, 0.25) is 5.02 Å². The van der Waals surface area contributed by atoms with Crippen molar-refractivity contribution in [1.29, 1.82) is 0 Å². The minimum Gasteiger partial charge on any atom is -0.314 e. The van der Waals surface area contributed by atoms with E-state index in [4.69, 9.17) is 11.6 Å². The predicted molar refractivity (Wildman–Crippen MR) is 87.7 cm³/mol. The summed E-state index contributed by atoms with van der Waals surface area (Å²) >= 11 is 7.88. The number of thiophene rings is 1. The lowest BCUT2D eigenvalue weighted by Gasteiger charge is -2.17. The molecule has 0 radical (unpaired) electrons. The quantitative estimate of drug-likeness (QED) is 0.791. The van der Waals surface area contributed by atoms with E-state index in [2.05, 4.69) is 34.3 Å². The molecule has 1 saturated carbocycles. The van der Waals surface area contributed by atoms with E-state index in [9.17, 15) is 0 Å². The standard InChI is InChI=1S/C17H20ClNS/c18-16-3-1-2-13(10-16)8-15(11-19-17-4-5-17)9-14-6-7-20-12-14/h1-3,6-7,10,12,15,17,19H,4-5,8-9,11H2. The van der Waals surface area contributed by atoms with E-state index in [0.717, 1.165) is 30.5 Å². The number of rotatable bonds is 7. The first-order valence-electron chi connectivity index (χ1n) is 7.28. The number of hydrogen-bond donors (Lipinski definition) is 1. The molecule has 1 N–H and O–H groups in total. The Morgan fingerprint density at radius 2 is 2.05 bits per heavy atom. The first-order valence-corrected chi connectivity index (χ1v) is 8.60. The van der Waals surface area contributed by atoms with Crippen molar-refractivity contribution in [1.82, 2.24) is 5.32 Å². The number of halogens is 1. The highest BCUT2D eigenvalue weighted by Crippen LogP contribution is 2.22. The molecule has 1 aromatic heterocycles. The van der Waals surface area contributed by atoms with E-state index in [0.29, 0.717) is 5.92 Å². The van der Waals surface area contributed by atoms with Gasteiger partial charge >= 0.3 is 0 Å². The third-order valence-electron chi connectivity index (χ3n) is 3.79. The molecule has 2 aromatic rings. The van der Waals surface area contributed by atoms with Gasteiger partial charge in [0.25, 0.3) is 0 Å². The molecule has 0 aliphatic heterocycles. The van der Waals surface area contributed by atoms with Crippen molar-refractivity contribution < 1.29 is 0 Å². The molecule has 1 atom stereocenters. The van der Waals surface area contributed by atoms with Crippen LogP contribution in [-0.4, -0.2) is 12.6 Å². The lowest BCUT2D eigenvalue weighted by atomic mass is 9.93. The molecule has 3 heteroatoms. The molecule has 0 spiro atoms. The Hall–Kier alpha value is -0.830. The predicted octanol–water partition coefficient (Wildman–Crippen LogP) is 4.55. The van der Waals surface area contributed by atoms with Crippen molar-refractivity contribution >= 4 is 22.9 Å². The molecule has 1 nitrogen and oxygen atoms in total. The van der Waals surface area contributed by atoms with Crippen LogP contribution < -0.4 is 5.32 Å². The first kappa shape index (κ1) is 14.1. The van der Waals surface area contributed by atoms with E-state index in [1.54, 1.807) is 11.3 Å². The Kier molecular flexibility index (Phi) is 4.77. The normalized spacial score (nSPS) is 16.2.